The summed E-state index contributed by atoms with van der Waals surface area (Å²) in [6.07, 6.45) is 0. The van der Waals surface area contributed by atoms with Crippen molar-refractivity contribution in [3.63, 3.8) is 0 Å². The van der Waals surface area contributed by atoms with Gasteiger partial charge in [-0.1, -0.05) is 41.6 Å². The number of nitrogens with zero attached hydrogens (tertiary/aromatic N) is 1. The van der Waals surface area contributed by atoms with Crippen LogP contribution in [0.4, 0.5) is 5.69 Å². The number of rotatable bonds is 8. The fourth-order valence-electron chi connectivity index (χ4n) is 3.52. The summed E-state index contributed by atoms with van der Waals surface area (Å²) >= 11 is 6.94. The van der Waals surface area contributed by atoms with Gasteiger partial charge in [-0.15, -0.1) is 0 Å². The van der Waals surface area contributed by atoms with Gasteiger partial charge in [0.1, 0.15) is 11.7 Å². The number of nitrogens with one attached hydrogen (secondary N) is 2. The minimum absolute atomic E-state index is 0.0772. The number of hydrogen-bond acceptors (Lipinski definition) is 7. The predicted molar refractivity (Wildman–Crippen MR) is 129 cm³/mol. The summed E-state index contributed by atoms with van der Waals surface area (Å²) in [6.45, 7) is 2.34. The second-order valence-electron chi connectivity index (χ2n) is 7.17. The van der Waals surface area contributed by atoms with Gasteiger partial charge in [-0.25, -0.2) is 0 Å². The van der Waals surface area contributed by atoms with E-state index in [1.165, 1.54) is 7.11 Å². The van der Waals surface area contributed by atoms with Gasteiger partial charge in [0.2, 0.25) is 11.8 Å². The Bertz CT molecular complexity index is 1160. The van der Waals surface area contributed by atoms with Crippen LogP contribution in [0.5, 0.6) is 5.75 Å². The summed E-state index contributed by atoms with van der Waals surface area (Å²) in [7, 11) is 1.19. The maximum Gasteiger partial charge on any atom is 0.319 e. The second kappa shape index (κ2) is 11.6. The highest BCUT2D eigenvalue weighted by molar-refractivity contribution is 8.03. The lowest BCUT2D eigenvalue weighted by molar-refractivity contribution is -0.150. The zero-order valence-electron chi connectivity index (χ0n) is 18.5. The highest BCUT2D eigenvalue weighted by Crippen LogP contribution is 2.40. The number of carbonyl (C=O) groups is 3. The molecular formula is C24H22ClN3O5S. The third kappa shape index (κ3) is 5.90. The van der Waals surface area contributed by atoms with Gasteiger partial charge in [-0.3, -0.25) is 14.4 Å². The topological polar surface area (TPSA) is 118 Å². The fraction of sp³-hybridized carbons (Fsp3) is 0.250. The molecule has 1 aliphatic rings. The van der Waals surface area contributed by atoms with E-state index in [4.69, 9.17) is 21.1 Å². The van der Waals surface area contributed by atoms with Crippen LogP contribution < -0.4 is 15.4 Å². The number of nitriles is 1. The highest BCUT2D eigenvalue weighted by atomic mass is 35.5. The fourth-order valence-corrected chi connectivity index (χ4v) is 4.56. The van der Waals surface area contributed by atoms with Crippen molar-refractivity contribution in [2.45, 2.75) is 12.8 Å². The first-order valence-corrected chi connectivity index (χ1v) is 11.7. The molecule has 176 valence electrons. The van der Waals surface area contributed by atoms with Crippen molar-refractivity contribution in [1.29, 1.82) is 5.26 Å². The molecule has 0 bridgehead atoms. The van der Waals surface area contributed by atoms with Gasteiger partial charge in [-0.05, 0) is 42.8 Å². The number of halogens is 1. The van der Waals surface area contributed by atoms with Gasteiger partial charge in [0.25, 0.3) is 0 Å². The standard InChI is InChI=1S/C24H22ClN3O5S/c1-3-33-17-9-7-14(8-10-17)20-18(12-26)23(28-22(30)21(20)24(31)32-2)34-13-19(29)27-16-6-4-5-15(25)11-16/h4-11,20-21H,3,13H2,1-2H3,(H,27,29)(H,28,30)/t20-,21-/m1/s1. The molecule has 2 amide bonds. The van der Waals surface area contributed by atoms with Crippen LogP contribution in [0.2, 0.25) is 5.02 Å². The first-order valence-electron chi connectivity index (χ1n) is 10.3. The molecule has 0 aromatic heterocycles. The molecule has 10 heteroatoms. The number of anilines is 1. The molecular weight excluding hydrogens is 478 g/mol. The van der Waals surface area contributed by atoms with Crippen LogP contribution in [0.25, 0.3) is 0 Å². The number of allylic oxidation sites excluding steroid dienone is 1. The van der Waals surface area contributed by atoms with E-state index in [1.54, 1.807) is 48.5 Å². The van der Waals surface area contributed by atoms with Crippen molar-refractivity contribution in [3.05, 3.63) is 69.7 Å². The maximum absolute atomic E-state index is 12.9. The van der Waals surface area contributed by atoms with Crippen LogP contribution in [0, 0.1) is 17.2 Å². The van der Waals surface area contributed by atoms with Gasteiger partial charge in [-0.2, -0.15) is 5.26 Å². The smallest absolute Gasteiger partial charge is 0.319 e. The lowest BCUT2D eigenvalue weighted by Crippen LogP contribution is -2.44. The van der Waals surface area contributed by atoms with Gasteiger partial charge in [0.05, 0.1) is 36.1 Å². The molecule has 3 rings (SSSR count). The number of hydrogen-bond donors (Lipinski definition) is 2. The molecule has 2 aromatic rings. The van der Waals surface area contributed by atoms with E-state index in [0.29, 0.717) is 28.6 Å². The Labute approximate surface area is 206 Å². The minimum Gasteiger partial charge on any atom is -0.494 e. The minimum atomic E-state index is -1.25. The Kier molecular flexibility index (Phi) is 8.57. The summed E-state index contributed by atoms with van der Waals surface area (Å²) in [5, 5.41) is 16.0. The number of esters is 1. The SMILES string of the molecule is CCOc1ccc([C@@H]2C(C#N)=C(SCC(=O)Nc3cccc(Cl)c3)NC(=O)[C@@H]2C(=O)OC)cc1. The summed E-state index contributed by atoms with van der Waals surface area (Å²) in [6, 6.07) is 15.6. The molecule has 1 aliphatic heterocycles. The summed E-state index contributed by atoms with van der Waals surface area (Å²) < 4.78 is 10.3. The highest BCUT2D eigenvalue weighted by Gasteiger charge is 2.44. The van der Waals surface area contributed by atoms with Crippen molar-refractivity contribution in [2.24, 2.45) is 5.92 Å². The van der Waals surface area contributed by atoms with E-state index in [1.807, 2.05) is 6.92 Å². The lowest BCUT2D eigenvalue weighted by atomic mass is 9.78. The molecule has 2 atom stereocenters. The molecule has 34 heavy (non-hydrogen) atoms. The van der Waals surface area contributed by atoms with Gasteiger partial charge in [0.15, 0.2) is 0 Å². The zero-order valence-corrected chi connectivity index (χ0v) is 20.0. The number of carbonyl (C=O) groups excluding carboxylic acids is 3. The van der Waals surface area contributed by atoms with E-state index in [2.05, 4.69) is 16.7 Å². The molecule has 2 N–H and O–H groups in total. The van der Waals surface area contributed by atoms with Crippen LogP contribution in [0.3, 0.4) is 0 Å². The molecule has 0 fully saturated rings. The Morgan fingerprint density at radius 3 is 2.59 bits per heavy atom. The average molecular weight is 500 g/mol. The zero-order chi connectivity index (χ0) is 24.7. The molecule has 0 radical (unpaired) electrons. The molecule has 0 aliphatic carbocycles. The molecule has 0 saturated heterocycles. The first kappa shape index (κ1) is 25.1. The van der Waals surface area contributed by atoms with Crippen molar-refractivity contribution < 1.29 is 23.9 Å². The largest absolute Gasteiger partial charge is 0.494 e. The molecule has 0 spiro atoms. The summed E-state index contributed by atoms with van der Waals surface area (Å²) in [5.74, 6) is -3.29. The number of thioether (sulfide) groups is 1. The first-order chi connectivity index (χ1) is 16.4. The predicted octanol–water partition coefficient (Wildman–Crippen LogP) is 3.85. The molecule has 8 nitrogen and oxygen atoms in total. The Morgan fingerprint density at radius 2 is 1.97 bits per heavy atom. The quantitative estimate of drug-likeness (QED) is 0.418. The van der Waals surface area contributed by atoms with E-state index in [-0.39, 0.29) is 22.3 Å². The van der Waals surface area contributed by atoms with Crippen LogP contribution in [-0.4, -0.2) is 37.3 Å². The van der Waals surface area contributed by atoms with E-state index >= 15 is 0 Å². The summed E-state index contributed by atoms with van der Waals surface area (Å²) in [4.78, 5) is 37.8. The Morgan fingerprint density at radius 1 is 1.24 bits per heavy atom. The van der Waals surface area contributed by atoms with Crippen LogP contribution >= 0.6 is 23.4 Å². The van der Waals surface area contributed by atoms with Crippen molar-refractivity contribution in [3.8, 4) is 11.8 Å². The van der Waals surface area contributed by atoms with E-state index < -0.39 is 23.7 Å². The van der Waals surface area contributed by atoms with Crippen LogP contribution in [-0.2, 0) is 19.1 Å². The number of ether oxygens (including phenoxy) is 2. The maximum atomic E-state index is 12.9. The van der Waals surface area contributed by atoms with Gasteiger partial charge < -0.3 is 20.1 Å². The molecule has 0 unspecified atom stereocenters. The number of amides is 2. The third-order valence-corrected chi connectivity index (χ3v) is 6.24. The van der Waals surface area contributed by atoms with Gasteiger partial charge in [0, 0.05) is 16.6 Å². The molecule has 1 heterocycles. The summed E-state index contributed by atoms with van der Waals surface area (Å²) in [5.41, 5.74) is 1.27. The van der Waals surface area contributed by atoms with Crippen molar-refractivity contribution in [2.75, 3.05) is 24.8 Å². The van der Waals surface area contributed by atoms with Crippen molar-refractivity contribution >= 4 is 46.8 Å². The Balaban J connectivity index is 1.88. The van der Waals surface area contributed by atoms with Gasteiger partial charge >= 0.3 is 5.97 Å². The Hall–Kier alpha value is -3.48. The van der Waals surface area contributed by atoms with Crippen LogP contribution in [0.1, 0.15) is 18.4 Å². The normalized spacial score (nSPS) is 17.4. The van der Waals surface area contributed by atoms with E-state index in [0.717, 1.165) is 11.8 Å². The second-order valence-corrected chi connectivity index (χ2v) is 8.59. The number of methoxy groups -OCH3 is 1. The van der Waals surface area contributed by atoms with Crippen molar-refractivity contribution in [1.82, 2.24) is 5.32 Å². The average Bonchev–Trinajstić information content (AvgIpc) is 2.82. The third-order valence-electron chi connectivity index (χ3n) is 4.99. The molecule has 0 saturated carbocycles. The monoisotopic (exact) mass is 499 g/mol. The van der Waals surface area contributed by atoms with E-state index in [9.17, 15) is 19.6 Å². The molecule has 2 aromatic carbocycles. The number of benzene rings is 2. The lowest BCUT2D eigenvalue weighted by Gasteiger charge is -2.31. The van der Waals surface area contributed by atoms with Crippen LogP contribution in [0.15, 0.2) is 59.1 Å².